The van der Waals surface area contributed by atoms with Crippen molar-refractivity contribution < 1.29 is 9.53 Å². The molecule has 2 bridgehead atoms. The first-order valence-corrected chi connectivity index (χ1v) is 8.80. The van der Waals surface area contributed by atoms with Crippen LogP contribution in [0.4, 0.5) is 0 Å². The smallest absolute Gasteiger partial charge is 0.178 e. The number of aliphatic imine (C=N–C) groups is 1. The van der Waals surface area contributed by atoms with Crippen LogP contribution in [0.1, 0.15) is 38.5 Å². The molecule has 2 heterocycles. The molecule has 2 saturated carbocycles. The standard InChI is InChI=1S/C19H23N3O2/c1-22-19-7-4-15(20)17(19,21)6-2-12-10-13-11-14(23)3-5-16(13)8-9-18(12,19)24-16/h3,5,10-11,15H,1-2,4,6-9,20-21H2/t15-,16-,17-,18+,19-/m0/s1. The van der Waals surface area contributed by atoms with Gasteiger partial charge in [-0.2, -0.15) is 0 Å². The zero-order valence-corrected chi connectivity index (χ0v) is 13.8. The molecule has 5 nitrogen and oxygen atoms in total. The van der Waals surface area contributed by atoms with Crippen molar-refractivity contribution in [2.24, 2.45) is 16.5 Å². The summed E-state index contributed by atoms with van der Waals surface area (Å²) in [6.07, 6.45) is 12.4. The lowest BCUT2D eigenvalue weighted by molar-refractivity contribution is -0.120. The van der Waals surface area contributed by atoms with E-state index in [4.69, 9.17) is 16.2 Å². The average molecular weight is 325 g/mol. The molecule has 0 aromatic rings. The van der Waals surface area contributed by atoms with Crippen molar-refractivity contribution in [2.45, 2.75) is 66.8 Å². The number of carbonyl (C=O) groups excluding carboxylic acids is 1. The summed E-state index contributed by atoms with van der Waals surface area (Å²) >= 11 is 0. The molecule has 24 heavy (non-hydrogen) atoms. The molecule has 0 radical (unpaired) electrons. The van der Waals surface area contributed by atoms with Crippen LogP contribution in [0.25, 0.3) is 0 Å². The maximum Gasteiger partial charge on any atom is 0.178 e. The number of hydrogen-bond acceptors (Lipinski definition) is 5. The quantitative estimate of drug-likeness (QED) is 0.712. The third-order valence-electron chi connectivity index (χ3n) is 7.35. The maximum absolute atomic E-state index is 11.8. The molecule has 5 heteroatoms. The summed E-state index contributed by atoms with van der Waals surface area (Å²) in [7, 11) is 0. The van der Waals surface area contributed by atoms with E-state index in [9.17, 15) is 4.79 Å². The number of rotatable bonds is 1. The first-order chi connectivity index (χ1) is 11.4. The maximum atomic E-state index is 11.8. The second kappa shape index (κ2) is 4.15. The molecule has 0 aromatic heterocycles. The van der Waals surface area contributed by atoms with Gasteiger partial charge in [-0.15, -0.1) is 0 Å². The summed E-state index contributed by atoms with van der Waals surface area (Å²) < 4.78 is 6.81. The summed E-state index contributed by atoms with van der Waals surface area (Å²) in [4.78, 5) is 16.5. The molecule has 0 unspecified atom stereocenters. The highest BCUT2D eigenvalue weighted by Gasteiger charge is 2.74. The Bertz CT molecular complexity index is 769. The Balaban J connectivity index is 1.75. The fourth-order valence-electron chi connectivity index (χ4n) is 6.08. The number of nitrogens with zero attached hydrogens (tertiary/aromatic N) is 1. The Morgan fingerprint density at radius 1 is 1.25 bits per heavy atom. The van der Waals surface area contributed by atoms with Gasteiger partial charge in [0.05, 0.1) is 5.54 Å². The highest BCUT2D eigenvalue weighted by atomic mass is 16.5. The molecule has 3 fully saturated rings. The van der Waals surface area contributed by atoms with Crippen molar-refractivity contribution in [3.63, 3.8) is 0 Å². The van der Waals surface area contributed by atoms with Crippen LogP contribution < -0.4 is 11.5 Å². The van der Waals surface area contributed by atoms with Crippen LogP contribution in [0.2, 0.25) is 0 Å². The minimum atomic E-state index is -0.576. The van der Waals surface area contributed by atoms with Gasteiger partial charge in [-0.3, -0.25) is 9.79 Å². The van der Waals surface area contributed by atoms with Crippen molar-refractivity contribution in [3.8, 4) is 0 Å². The van der Waals surface area contributed by atoms with Crippen molar-refractivity contribution in [1.82, 2.24) is 0 Å². The van der Waals surface area contributed by atoms with E-state index in [1.807, 2.05) is 6.08 Å². The van der Waals surface area contributed by atoms with Gasteiger partial charge >= 0.3 is 0 Å². The van der Waals surface area contributed by atoms with Crippen molar-refractivity contribution >= 4 is 12.5 Å². The molecular formula is C19H23N3O2. The molecule has 0 aromatic carbocycles. The largest absolute Gasteiger partial charge is 0.353 e. The summed E-state index contributed by atoms with van der Waals surface area (Å²) in [5, 5.41) is 0. The van der Waals surface area contributed by atoms with E-state index in [-0.39, 0.29) is 11.8 Å². The van der Waals surface area contributed by atoms with Crippen molar-refractivity contribution in [3.05, 3.63) is 35.5 Å². The van der Waals surface area contributed by atoms with E-state index >= 15 is 0 Å². The highest BCUT2D eigenvalue weighted by Crippen LogP contribution is 2.66. The van der Waals surface area contributed by atoms with Gasteiger partial charge in [0.15, 0.2) is 5.78 Å². The summed E-state index contributed by atoms with van der Waals surface area (Å²) in [6, 6.07) is -0.0838. The molecule has 5 aliphatic rings. The zero-order chi connectivity index (χ0) is 16.8. The lowest BCUT2D eigenvalue weighted by Crippen LogP contribution is -2.75. The Morgan fingerprint density at radius 3 is 2.88 bits per heavy atom. The fourth-order valence-corrected chi connectivity index (χ4v) is 6.08. The Hall–Kier alpha value is -1.56. The van der Waals surface area contributed by atoms with Crippen LogP contribution in [0.3, 0.4) is 0 Å². The van der Waals surface area contributed by atoms with Gasteiger partial charge in [0.1, 0.15) is 16.7 Å². The molecular weight excluding hydrogens is 302 g/mol. The number of allylic oxidation sites excluding steroid dienone is 2. The summed E-state index contributed by atoms with van der Waals surface area (Å²) in [6.45, 7) is 3.93. The van der Waals surface area contributed by atoms with Gasteiger partial charge in [0.25, 0.3) is 0 Å². The van der Waals surface area contributed by atoms with Crippen LogP contribution in [0.5, 0.6) is 0 Å². The van der Waals surface area contributed by atoms with Gasteiger partial charge in [-0.25, -0.2) is 0 Å². The number of hydrogen-bond donors (Lipinski definition) is 2. The monoisotopic (exact) mass is 325 g/mol. The number of fused-ring (bicyclic) bond motifs is 1. The van der Waals surface area contributed by atoms with Crippen LogP contribution in [-0.4, -0.2) is 40.8 Å². The SMILES string of the molecule is C=N[C@@]12CC[C@H](N)[C@@]1(N)CCC1=CC3=CC(=O)C=C[C@]34CC[C@@]12O4. The molecule has 1 saturated heterocycles. The van der Waals surface area contributed by atoms with Gasteiger partial charge in [-0.05, 0) is 74.6 Å². The van der Waals surface area contributed by atoms with Crippen LogP contribution >= 0.6 is 0 Å². The molecule has 4 N–H and O–H groups in total. The van der Waals surface area contributed by atoms with E-state index in [0.717, 1.165) is 44.1 Å². The Labute approximate surface area is 141 Å². The molecule has 2 aliphatic heterocycles. The predicted molar refractivity (Wildman–Crippen MR) is 91.7 cm³/mol. The van der Waals surface area contributed by atoms with Gasteiger partial charge < -0.3 is 16.2 Å². The van der Waals surface area contributed by atoms with Crippen molar-refractivity contribution in [1.29, 1.82) is 0 Å². The lowest BCUT2D eigenvalue weighted by Gasteiger charge is -2.59. The minimum absolute atomic E-state index is 0.0268. The van der Waals surface area contributed by atoms with Crippen LogP contribution in [0.15, 0.2) is 40.4 Å². The van der Waals surface area contributed by atoms with Crippen molar-refractivity contribution in [2.75, 3.05) is 0 Å². The highest BCUT2D eigenvalue weighted by molar-refractivity contribution is 6.02. The van der Waals surface area contributed by atoms with E-state index in [1.54, 1.807) is 12.2 Å². The fraction of sp³-hybridized carbons (Fsp3) is 0.579. The average Bonchev–Trinajstić information content (AvgIpc) is 3.04. The molecule has 2 spiro atoms. The first-order valence-electron chi connectivity index (χ1n) is 8.80. The molecule has 5 atom stereocenters. The number of ketones is 1. The number of nitrogens with two attached hydrogens (primary N) is 2. The minimum Gasteiger partial charge on any atom is -0.353 e. The molecule has 3 aliphatic carbocycles. The Kier molecular flexibility index (Phi) is 2.55. The van der Waals surface area contributed by atoms with E-state index < -0.39 is 22.3 Å². The summed E-state index contributed by atoms with van der Waals surface area (Å²) in [5.41, 5.74) is 13.3. The summed E-state index contributed by atoms with van der Waals surface area (Å²) in [5.74, 6) is 0.0268. The number of carbonyl (C=O) groups is 1. The molecule has 0 amide bonds. The van der Waals surface area contributed by atoms with Crippen LogP contribution in [0, 0.1) is 0 Å². The topological polar surface area (TPSA) is 90.7 Å². The van der Waals surface area contributed by atoms with E-state index in [0.29, 0.717) is 0 Å². The molecule has 126 valence electrons. The lowest BCUT2D eigenvalue weighted by atomic mass is 9.57. The third kappa shape index (κ3) is 1.32. The second-order valence-electron chi connectivity index (χ2n) is 8.03. The predicted octanol–water partition coefficient (Wildman–Crippen LogP) is 1.33. The molecule has 5 rings (SSSR count). The van der Waals surface area contributed by atoms with E-state index in [1.165, 1.54) is 5.57 Å². The van der Waals surface area contributed by atoms with Crippen LogP contribution in [-0.2, 0) is 9.53 Å². The zero-order valence-electron chi connectivity index (χ0n) is 13.8. The van der Waals surface area contributed by atoms with Gasteiger partial charge in [0, 0.05) is 6.04 Å². The Morgan fingerprint density at radius 2 is 2.08 bits per heavy atom. The van der Waals surface area contributed by atoms with E-state index in [2.05, 4.69) is 17.8 Å². The third-order valence-corrected chi connectivity index (χ3v) is 7.35. The van der Waals surface area contributed by atoms with Gasteiger partial charge in [-0.1, -0.05) is 6.08 Å². The van der Waals surface area contributed by atoms with Gasteiger partial charge in [0.2, 0.25) is 0 Å². The normalized spacial score (nSPS) is 51.4. The second-order valence-corrected chi connectivity index (χ2v) is 8.03. The number of ether oxygens (including phenoxy) is 1. The first kappa shape index (κ1) is 14.8.